The van der Waals surface area contributed by atoms with E-state index >= 15 is 0 Å². The Balaban J connectivity index is 1.49. The molecule has 7 heteroatoms. The van der Waals surface area contributed by atoms with Gasteiger partial charge in [-0.05, 0) is 49.3 Å². The third-order valence-electron chi connectivity index (χ3n) is 5.27. The lowest BCUT2D eigenvalue weighted by Crippen LogP contribution is -2.32. The van der Waals surface area contributed by atoms with Crippen LogP contribution < -0.4 is 9.47 Å². The normalized spacial score (nSPS) is 12.3. The lowest BCUT2D eigenvalue weighted by Gasteiger charge is -2.22. The van der Waals surface area contributed by atoms with Gasteiger partial charge in [0.15, 0.2) is 11.5 Å². The van der Waals surface area contributed by atoms with Crippen molar-refractivity contribution in [2.24, 2.45) is 0 Å². The van der Waals surface area contributed by atoms with Crippen molar-refractivity contribution in [1.82, 2.24) is 20.0 Å². The second-order valence-electron chi connectivity index (χ2n) is 8.23. The number of nitrogens with zero attached hydrogens (tertiary/aromatic N) is 3. The minimum absolute atomic E-state index is 0.204. The molecule has 7 nitrogen and oxygen atoms in total. The Morgan fingerprint density at radius 2 is 1.75 bits per heavy atom. The summed E-state index contributed by atoms with van der Waals surface area (Å²) in [6.45, 7) is 3.22. The van der Waals surface area contributed by atoms with Gasteiger partial charge < -0.3 is 19.5 Å². The largest absolute Gasteiger partial charge is 0.493 e. The number of ether oxygens (including phenoxy) is 2. The summed E-state index contributed by atoms with van der Waals surface area (Å²) < 4.78 is 11.4. The van der Waals surface area contributed by atoms with Crippen molar-refractivity contribution >= 4 is 0 Å². The highest BCUT2D eigenvalue weighted by Gasteiger charge is 2.13. The van der Waals surface area contributed by atoms with E-state index in [1.165, 1.54) is 11.1 Å². The van der Waals surface area contributed by atoms with Gasteiger partial charge in [-0.25, -0.2) is 0 Å². The lowest BCUT2D eigenvalue weighted by atomic mass is 10.1. The summed E-state index contributed by atoms with van der Waals surface area (Å²) in [5, 5.41) is 17.3. The molecule has 1 atom stereocenters. The number of hydrogen-bond acceptors (Lipinski definition) is 6. The summed E-state index contributed by atoms with van der Waals surface area (Å²) in [6, 6.07) is 16.2. The van der Waals surface area contributed by atoms with Crippen LogP contribution in [0.15, 0.2) is 60.9 Å². The quantitative estimate of drug-likeness (QED) is 0.427. The summed E-state index contributed by atoms with van der Waals surface area (Å²) in [4.78, 5) is 4.35. The molecule has 0 aliphatic heterocycles. The van der Waals surface area contributed by atoms with Gasteiger partial charge in [0.05, 0.1) is 13.3 Å². The minimum atomic E-state index is -0.602. The number of likely N-dealkylation sites (N-methyl/N-ethyl adjacent to an activating group) is 2. The number of nitrogens with one attached hydrogen (secondary N) is 1. The van der Waals surface area contributed by atoms with E-state index in [2.05, 4.69) is 39.2 Å². The van der Waals surface area contributed by atoms with Crippen molar-refractivity contribution in [3.05, 3.63) is 77.6 Å². The van der Waals surface area contributed by atoms with Gasteiger partial charge in [-0.1, -0.05) is 36.4 Å². The summed E-state index contributed by atoms with van der Waals surface area (Å²) in [5.74, 6) is 1.32. The standard InChI is InChI=1S/C25H34N4O3/c1-28(12-11-22-14-26-27-15-22)17-21-9-10-24(31-3)25(13-21)32-19-23(30)18-29(2)16-20-7-5-4-6-8-20/h4-10,13-15,23,30H,11-12,16-19H2,1-3H3,(H,26,27)/t23-/m0/s1. The molecule has 0 fully saturated rings. The van der Waals surface area contributed by atoms with Gasteiger partial charge in [0, 0.05) is 32.4 Å². The topological polar surface area (TPSA) is 73.8 Å². The summed E-state index contributed by atoms with van der Waals surface area (Å²) in [5.41, 5.74) is 3.54. The smallest absolute Gasteiger partial charge is 0.161 e. The zero-order chi connectivity index (χ0) is 22.8. The van der Waals surface area contributed by atoms with E-state index < -0.39 is 6.10 Å². The number of aliphatic hydroxyl groups is 1. The van der Waals surface area contributed by atoms with Gasteiger partial charge in [0.25, 0.3) is 0 Å². The maximum absolute atomic E-state index is 10.5. The molecule has 0 amide bonds. The van der Waals surface area contributed by atoms with Gasteiger partial charge in [-0.2, -0.15) is 5.10 Å². The Labute approximate surface area is 190 Å². The van der Waals surface area contributed by atoms with E-state index in [1.807, 2.05) is 55.8 Å². The zero-order valence-electron chi connectivity index (χ0n) is 19.2. The molecule has 0 spiro atoms. The van der Waals surface area contributed by atoms with Crippen molar-refractivity contribution in [2.45, 2.75) is 25.6 Å². The van der Waals surface area contributed by atoms with Crippen LogP contribution in [0.4, 0.5) is 0 Å². The van der Waals surface area contributed by atoms with Gasteiger partial charge in [-0.3, -0.25) is 10.00 Å². The number of rotatable bonds is 13. The molecule has 0 aliphatic carbocycles. The Hall–Kier alpha value is -2.87. The fraction of sp³-hybridized carbons (Fsp3) is 0.400. The molecule has 0 unspecified atom stereocenters. The summed E-state index contributed by atoms with van der Waals surface area (Å²) in [6.07, 6.45) is 4.12. The fourth-order valence-corrected chi connectivity index (χ4v) is 3.62. The molecule has 2 aromatic carbocycles. The van der Waals surface area contributed by atoms with Gasteiger partial charge in [0.2, 0.25) is 0 Å². The second kappa shape index (κ2) is 12.2. The van der Waals surface area contributed by atoms with E-state index in [4.69, 9.17) is 9.47 Å². The van der Waals surface area contributed by atoms with Gasteiger partial charge in [0.1, 0.15) is 12.7 Å². The van der Waals surface area contributed by atoms with Crippen LogP contribution in [0.1, 0.15) is 16.7 Å². The SMILES string of the molecule is COc1ccc(CN(C)CCc2cn[nH]c2)cc1OC[C@@H](O)CN(C)Cc1ccccc1. The number of aromatic amines is 1. The monoisotopic (exact) mass is 438 g/mol. The van der Waals surface area contributed by atoms with Crippen LogP contribution in [0.5, 0.6) is 11.5 Å². The van der Waals surface area contributed by atoms with Crippen LogP contribution in [-0.4, -0.2) is 72.1 Å². The van der Waals surface area contributed by atoms with Crippen molar-refractivity contribution in [1.29, 1.82) is 0 Å². The highest BCUT2D eigenvalue weighted by Crippen LogP contribution is 2.28. The Kier molecular flexibility index (Phi) is 9.10. The van der Waals surface area contributed by atoms with Crippen LogP contribution in [0.2, 0.25) is 0 Å². The average Bonchev–Trinajstić information content (AvgIpc) is 3.31. The molecule has 1 aromatic heterocycles. The zero-order valence-corrected chi connectivity index (χ0v) is 19.2. The van der Waals surface area contributed by atoms with Crippen LogP contribution in [0, 0.1) is 0 Å². The third-order valence-corrected chi connectivity index (χ3v) is 5.27. The molecule has 3 rings (SSSR count). The number of aliphatic hydroxyl groups excluding tert-OH is 1. The molecular formula is C25H34N4O3. The highest BCUT2D eigenvalue weighted by molar-refractivity contribution is 5.43. The van der Waals surface area contributed by atoms with Gasteiger partial charge in [-0.15, -0.1) is 0 Å². The molecule has 0 radical (unpaired) electrons. The molecule has 32 heavy (non-hydrogen) atoms. The molecule has 0 saturated heterocycles. The van der Waals surface area contributed by atoms with Crippen LogP contribution in [0.3, 0.4) is 0 Å². The van der Waals surface area contributed by atoms with E-state index in [0.717, 1.165) is 31.6 Å². The molecule has 1 heterocycles. The number of H-pyrrole nitrogens is 1. The first-order valence-corrected chi connectivity index (χ1v) is 10.9. The molecule has 172 valence electrons. The Morgan fingerprint density at radius 1 is 0.969 bits per heavy atom. The van der Waals surface area contributed by atoms with E-state index in [-0.39, 0.29) is 6.61 Å². The van der Waals surface area contributed by atoms with Crippen molar-refractivity contribution in [3.63, 3.8) is 0 Å². The molecule has 2 N–H and O–H groups in total. The second-order valence-corrected chi connectivity index (χ2v) is 8.23. The Bertz CT molecular complexity index is 918. The van der Waals surface area contributed by atoms with Crippen LogP contribution in [-0.2, 0) is 19.5 Å². The van der Waals surface area contributed by atoms with E-state index in [9.17, 15) is 5.11 Å². The van der Waals surface area contributed by atoms with Crippen molar-refractivity contribution in [3.8, 4) is 11.5 Å². The van der Waals surface area contributed by atoms with Crippen molar-refractivity contribution < 1.29 is 14.6 Å². The molecule has 0 bridgehead atoms. The predicted molar refractivity (Wildman–Crippen MR) is 126 cm³/mol. The first kappa shape index (κ1) is 23.8. The minimum Gasteiger partial charge on any atom is -0.493 e. The number of benzene rings is 2. The first-order valence-electron chi connectivity index (χ1n) is 10.9. The summed E-state index contributed by atoms with van der Waals surface area (Å²) in [7, 11) is 5.72. The lowest BCUT2D eigenvalue weighted by molar-refractivity contribution is 0.0732. The maximum atomic E-state index is 10.5. The molecule has 0 aliphatic rings. The maximum Gasteiger partial charge on any atom is 0.161 e. The van der Waals surface area contributed by atoms with Crippen LogP contribution in [0.25, 0.3) is 0 Å². The average molecular weight is 439 g/mol. The number of hydrogen-bond donors (Lipinski definition) is 2. The third kappa shape index (κ3) is 7.67. The molecular weight excluding hydrogens is 404 g/mol. The predicted octanol–water partition coefficient (Wildman–Crippen LogP) is 2.96. The number of aromatic nitrogens is 2. The summed E-state index contributed by atoms with van der Waals surface area (Å²) >= 11 is 0. The van der Waals surface area contributed by atoms with Gasteiger partial charge >= 0.3 is 0 Å². The van der Waals surface area contributed by atoms with E-state index in [1.54, 1.807) is 7.11 Å². The highest BCUT2D eigenvalue weighted by atomic mass is 16.5. The molecule has 3 aromatic rings. The van der Waals surface area contributed by atoms with E-state index in [0.29, 0.717) is 18.0 Å². The number of methoxy groups -OCH3 is 1. The Morgan fingerprint density at radius 3 is 2.47 bits per heavy atom. The van der Waals surface area contributed by atoms with Crippen molar-refractivity contribution in [2.75, 3.05) is 40.9 Å². The van der Waals surface area contributed by atoms with Crippen LogP contribution >= 0.6 is 0 Å². The molecule has 0 saturated carbocycles. The first-order chi connectivity index (χ1) is 15.5. The fourth-order valence-electron chi connectivity index (χ4n) is 3.62.